The molecule has 0 bridgehead atoms. The van der Waals surface area contributed by atoms with Gasteiger partial charge in [0.1, 0.15) is 0 Å². The van der Waals surface area contributed by atoms with Crippen molar-refractivity contribution in [3.8, 4) is 0 Å². The molecular weight excluding hydrogens is 270 g/mol. The van der Waals surface area contributed by atoms with Gasteiger partial charge in [0.2, 0.25) is 5.91 Å². The average molecular weight is 289 g/mol. The van der Waals surface area contributed by atoms with E-state index in [2.05, 4.69) is 15.5 Å². The summed E-state index contributed by atoms with van der Waals surface area (Å²) in [6, 6.07) is 5.21. The molecule has 112 valence electrons. The van der Waals surface area contributed by atoms with Gasteiger partial charge in [-0.15, -0.1) is 0 Å². The summed E-state index contributed by atoms with van der Waals surface area (Å²) < 4.78 is 0. The number of fused-ring (bicyclic) bond motifs is 1. The van der Waals surface area contributed by atoms with Crippen LogP contribution in [0.1, 0.15) is 24.3 Å². The van der Waals surface area contributed by atoms with Crippen LogP contribution in [-0.4, -0.2) is 46.5 Å². The molecule has 0 aliphatic rings. The number of nitrogens with two attached hydrogens (primary N) is 1. The standard InChI is InChI=1S/C14H19N5O2/c1-3-16-12(20)8-19(4-2)14(21)13-10-7-9(15)5-6-11(10)17-18-13/h5-7H,3-4,8,15H2,1-2H3,(H,16,20)(H,17,18). The maximum Gasteiger partial charge on any atom is 0.275 e. The van der Waals surface area contributed by atoms with Crippen molar-refractivity contribution in [3.05, 3.63) is 23.9 Å². The molecule has 0 unspecified atom stereocenters. The number of nitrogens with zero attached hydrogens (tertiary/aromatic N) is 2. The number of anilines is 1. The zero-order valence-corrected chi connectivity index (χ0v) is 12.1. The van der Waals surface area contributed by atoms with E-state index in [0.717, 1.165) is 5.52 Å². The maximum atomic E-state index is 12.5. The number of rotatable bonds is 5. The monoisotopic (exact) mass is 289 g/mol. The molecule has 7 nitrogen and oxygen atoms in total. The summed E-state index contributed by atoms with van der Waals surface area (Å²) in [6.45, 7) is 4.62. The summed E-state index contributed by atoms with van der Waals surface area (Å²) >= 11 is 0. The first-order valence-corrected chi connectivity index (χ1v) is 6.86. The molecule has 1 heterocycles. The maximum absolute atomic E-state index is 12.5. The van der Waals surface area contributed by atoms with Crippen LogP contribution in [0.3, 0.4) is 0 Å². The minimum atomic E-state index is -0.291. The highest BCUT2D eigenvalue weighted by molar-refractivity contribution is 6.06. The first-order chi connectivity index (χ1) is 10.1. The average Bonchev–Trinajstić information content (AvgIpc) is 2.87. The van der Waals surface area contributed by atoms with Crippen LogP contribution in [0.5, 0.6) is 0 Å². The van der Waals surface area contributed by atoms with E-state index in [1.165, 1.54) is 4.90 Å². The van der Waals surface area contributed by atoms with Gasteiger partial charge < -0.3 is 16.0 Å². The molecule has 21 heavy (non-hydrogen) atoms. The van der Waals surface area contributed by atoms with Gasteiger partial charge in [-0.25, -0.2) is 0 Å². The number of hydrogen-bond acceptors (Lipinski definition) is 4. The molecule has 2 aromatic rings. The first kappa shape index (κ1) is 14.8. The summed E-state index contributed by atoms with van der Waals surface area (Å²) in [4.78, 5) is 25.6. The Balaban J connectivity index is 2.27. The number of nitrogen functional groups attached to an aromatic ring is 1. The SMILES string of the molecule is CCNC(=O)CN(CC)C(=O)c1n[nH]c2ccc(N)cc12. The fourth-order valence-corrected chi connectivity index (χ4v) is 2.10. The molecule has 0 radical (unpaired) electrons. The third kappa shape index (κ3) is 3.13. The Morgan fingerprint density at radius 3 is 2.81 bits per heavy atom. The lowest BCUT2D eigenvalue weighted by atomic mass is 10.1. The highest BCUT2D eigenvalue weighted by Gasteiger charge is 2.21. The van der Waals surface area contributed by atoms with Crippen molar-refractivity contribution in [2.75, 3.05) is 25.4 Å². The Labute approximate surface area is 122 Å². The van der Waals surface area contributed by atoms with E-state index < -0.39 is 0 Å². The number of carbonyl (C=O) groups excluding carboxylic acids is 2. The zero-order chi connectivity index (χ0) is 15.4. The minimum absolute atomic E-state index is 0.0137. The minimum Gasteiger partial charge on any atom is -0.399 e. The number of amides is 2. The molecule has 0 spiro atoms. The van der Waals surface area contributed by atoms with Crippen LogP contribution in [0.25, 0.3) is 10.9 Å². The van der Waals surface area contributed by atoms with Crippen molar-refractivity contribution >= 4 is 28.4 Å². The summed E-state index contributed by atoms with van der Waals surface area (Å²) in [6.07, 6.45) is 0. The van der Waals surface area contributed by atoms with Gasteiger partial charge in [0, 0.05) is 24.2 Å². The number of aromatic amines is 1. The van der Waals surface area contributed by atoms with E-state index in [0.29, 0.717) is 24.2 Å². The van der Waals surface area contributed by atoms with Crippen LogP contribution in [0.2, 0.25) is 0 Å². The van der Waals surface area contributed by atoms with E-state index in [1.807, 2.05) is 13.8 Å². The molecule has 0 saturated carbocycles. The van der Waals surface area contributed by atoms with Gasteiger partial charge >= 0.3 is 0 Å². The molecule has 0 aliphatic heterocycles. The highest BCUT2D eigenvalue weighted by atomic mass is 16.2. The second-order valence-corrected chi connectivity index (χ2v) is 4.65. The fraction of sp³-hybridized carbons (Fsp3) is 0.357. The number of likely N-dealkylation sites (N-methyl/N-ethyl adjacent to an activating group) is 2. The van der Waals surface area contributed by atoms with Crippen LogP contribution in [0.15, 0.2) is 18.2 Å². The predicted molar refractivity (Wildman–Crippen MR) is 80.8 cm³/mol. The van der Waals surface area contributed by atoms with Gasteiger partial charge in [-0.05, 0) is 32.0 Å². The number of benzene rings is 1. The van der Waals surface area contributed by atoms with Gasteiger partial charge in [-0.2, -0.15) is 5.10 Å². The van der Waals surface area contributed by atoms with Gasteiger partial charge in [0.05, 0.1) is 12.1 Å². The van der Waals surface area contributed by atoms with Crippen LogP contribution in [0.4, 0.5) is 5.69 Å². The number of aromatic nitrogens is 2. The van der Waals surface area contributed by atoms with E-state index in [4.69, 9.17) is 5.73 Å². The molecule has 0 fully saturated rings. The number of hydrogen-bond donors (Lipinski definition) is 3. The molecule has 2 rings (SSSR count). The first-order valence-electron chi connectivity index (χ1n) is 6.86. The normalized spacial score (nSPS) is 10.6. The van der Waals surface area contributed by atoms with Gasteiger partial charge in [-0.1, -0.05) is 0 Å². The molecule has 0 atom stereocenters. The molecule has 0 saturated heterocycles. The Morgan fingerprint density at radius 2 is 2.14 bits per heavy atom. The third-order valence-corrected chi connectivity index (χ3v) is 3.17. The Kier molecular flexibility index (Phi) is 4.42. The number of nitrogens with one attached hydrogen (secondary N) is 2. The van der Waals surface area contributed by atoms with Crippen LogP contribution in [0, 0.1) is 0 Å². The van der Waals surface area contributed by atoms with Crippen LogP contribution >= 0.6 is 0 Å². The summed E-state index contributed by atoms with van der Waals surface area (Å²) in [7, 11) is 0. The Hall–Kier alpha value is -2.57. The second kappa shape index (κ2) is 6.25. The van der Waals surface area contributed by atoms with Gasteiger partial charge in [0.15, 0.2) is 5.69 Å². The van der Waals surface area contributed by atoms with Crippen molar-refractivity contribution in [2.45, 2.75) is 13.8 Å². The number of carbonyl (C=O) groups is 2. The van der Waals surface area contributed by atoms with E-state index in [-0.39, 0.29) is 24.1 Å². The quantitative estimate of drug-likeness (QED) is 0.706. The molecule has 1 aromatic carbocycles. The molecule has 1 aromatic heterocycles. The molecule has 0 aliphatic carbocycles. The van der Waals surface area contributed by atoms with E-state index in [9.17, 15) is 9.59 Å². The van der Waals surface area contributed by atoms with Crippen molar-refractivity contribution in [1.82, 2.24) is 20.4 Å². The lowest BCUT2D eigenvalue weighted by molar-refractivity contribution is -0.121. The molecular formula is C14H19N5O2. The molecule has 4 N–H and O–H groups in total. The Bertz CT molecular complexity index is 664. The smallest absolute Gasteiger partial charge is 0.275 e. The van der Waals surface area contributed by atoms with Crippen molar-refractivity contribution < 1.29 is 9.59 Å². The van der Waals surface area contributed by atoms with Gasteiger partial charge in [-0.3, -0.25) is 14.7 Å². The zero-order valence-electron chi connectivity index (χ0n) is 12.1. The molecule has 7 heteroatoms. The molecule has 2 amide bonds. The Morgan fingerprint density at radius 1 is 1.38 bits per heavy atom. The topological polar surface area (TPSA) is 104 Å². The van der Waals surface area contributed by atoms with E-state index >= 15 is 0 Å². The van der Waals surface area contributed by atoms with Crippen molar-refractivity contribution in [2.24, 2.45) is 0 Å². The van der Waals surface area contributed by atoms with Crippen LogP contribution < -0.4 is 11.1 Å². The van der Waals surface area contributed by atoms with Crippen molar-refractivity contribution in [3.63, 3.8) is 0 Å². The summed E-state index contributed by atoms with van der Waals surface area (Å²) in [5, 5.41) is 10.2. The lowest BCUT2D eigenvalue weighted by Gasteiger charge is -2.19. The lowest BCUT2D eigenvalue weighted by Crippen LogP contribution is -2.40. The summed E-state index contributed by atoms with van der Waals surface area (Å²) in [5.41, 5.74) is 7.33. The van der Waals surface area contributed by atoms with Crippen LogP contribution in [-0.2, 0) is 4.79 Å². The highest BCUT2D eigenvalue weighted by Crippen LogP contribution is 2.20. The van der Waals surface area contributed by atoms with Crippen molar-refractivity contribution in [1.29, 1.82) is 0 Å². The largest absolute Gasteiger partial charge is 0.399 e. The predicted octanol–water partition coefficient (Wildman–Crippen LogP) is 0.743. The third-order valence-electron chi connectivity index (χ3n) is 3.17. The van der Waals surface area contributed by atoms with E-state index in [1.54, 1.807) is 18.2 Å². The second-order valence-electron chi connectivity index (χ2n) is 4.65. The summed E-state index contributed by atoms with van der Waals surface area (Å²) in [5.74, 6) is -0.479. The number of H-pyrrole nitrogens is 1. The fourth-order valence-electron chi connectivity index (χ4n) is 2.10. The van der Waals surface area contributed by atoms with Gasteiger partial charge in [0.25, 0.3) is 5.91 Å².